The molecule has 2 heteroatoms. The van der Waals surface area contributed by atoms with Crippen molar-refractivity contribution in [1.82, 2.24) is 10.2 Å². The lowest BCUT2D eigenvalue weighted by molar-refractivity contribution is 0.201. The van der Waals surface area contributed by atoms with Crippen LogP contribution < -0.4 is 5.32 Å². The van der Waals surface area contributed by atoms with E-state index in [1.54, 1.807) is 0 Å². The van der Waals surface area contributed by atoms with Crippen LogP contribution in [0.25, 0.3) is 0 Å². The molecule has 0 fully saturated rings. The van der Waals surface area contributed by atoms with Crippen LogP contribution in [0.15, 0.2) is 30.3 Å². The molecule has 0 amide bonds. The molecule has 1 rings (SSSR count). The number of hydrogen-bond acceptors (Lipinski definition) is 2. The number of hydrogen-bond donors (Lipinski definition) is 1. The first kappa shape index (κ1) is 13.2. The third-order valence-electron chi connectivity index (χ3n) is 3.07. The van der Waals surface area contributed by atoms with Crippen LogP contribution in [-0.2, 0) is 6.54 Å². The molecule has 0 saturated heterocycles. The monoisotopic (exact) mass is 220 g/mol. The van der Waals surface area contributed by atoms with Gasteiger partial charge in [0.1, 0.15) is 0 Å². The zero-order valence-electron chi connectivity index (χ0n) is 10.7. The lowest BCUT2D eigenvalue weighted by Gasteiger charge is -2.27. The van der Waals surface area contributed by atoms with Gasteiger partial charge in [0.25, 0.3) is 0 Å². The van der Waals surface area contributed by atoms with Crippen LogP contribution in [0.1, 0.15) is 25.8 Å². The molecule has 1 aromatic rings. The molecule has 1 unspecified atom stereocenters. The van der Waals surface area contributed by atoms with Crippen LogP contribution in [0, 0.1) is 0 Å². The molecule has 16 heavy (non-hydrogen) atoms. The van der Waals surface area contributed by atoms with Gasteiger partial charge >= 0.3 is 0 Å². The molecule has 0 aromatic heterocycles. The van der Waals surface area contributed by atoms with Crippen molar-refractivity contribution in [3.8, 4) is 0 Å². The Bertz CT molecular complexity index is 271. The Balaban J connectivity index is 2.48. The Morgan fingerprint density at radius 2 is 1.94 bits per heavy atom. The highest BCUT2D eigenvalue weighted by molar-refractivity contribution is 5.14. The van der Waals surface area contributed by atoms with Gasteiger partial charge in [-0.2, -0.15) is 0 Å². The number of rotatable bonds is 7. The highest BCUT2D eigenvalue weighted by atomic mass is 15.1. The topological polar surface area (TPSA) is 15.3 Å². The minimum Gasteiger partial charge on any atom is -0.320 e. The standard InChI is InChI=1S/C14H24N2/c1-4-16(13(2)10-11-15-3)12-14-8-6-5-7-9-14/h5-9,13,15H,4,10-12H2,1-3H3. The Hall–Kier alpha value is -0.860. The van der Waals surface area contributed by atoms with Crippen LogP contribution in [0.2, 0.25) is 0 Å². The Kier molecular flexibility index (Phi) is 6.12. The van der Waals surface area contributed by atoms with Crippen molar-refractivity contribution >= 4 is 0 Å². The summed E-state index contributed by atoms with van der Waals surface area (Å²) >= 11 is 0. The highest BCUT2D eigenvalue weighted by Crippen LogP contribution is 2.09. The van der Waals surface area contributed by atoms with E-state index in [1.165, 1.54) is 12.0 Å². The van der Waals surface area contributed by atoms with Gasteiger partial charge in [0.05, 0.1) is 0 Å². The van der Waals surface area contributed by atoms with E-state index >= 15 is 0 Å². The molecular weight excluding hydrogens is 196 g/mol. The molecule has 1 atom stereocenters. The van der Waals surface area contributed by atoms with Gasteiger partial charge in [-0.15, -0.1) is 0 Å². The third kappa shape index (κ3) is 4.33. The van der Waals surface area contributed by atoms with Crippen LogP contribution in [0.5, 0.6) is 0 Å². The zero-order chi connectivity index (χ0) is 11.8. The number of benzene rings is 1. The van der Waals surface area contributed by atoms with E-state index in [-0.39, 0.29) is 0 Å². The van der Waals surface area contributed by atoms with Crippen molar-refractivity contribution in [3.63, 3.8) is 0 Å². The Morgan fingerprint density at radius 1 is 1.25 bits per heavy atom. The van der Waals surface area contributed by atoms with Gasteiger partial charge in [-0.1, -0.05) is 37.3 Å². The van der Waals surface area contributed by atoms with Crippen molar-refractivity contribution in [2.75, 3.05) is 20.1 Å². The average Bonchev–Trinajstić information content (AvgIpc) is 2.34. The summed E-state index contributed by atoms with van der Waals surface area (Å²) in [7, 11) is 2.01. The van der Waals surface area contributed by atoms with Gasteiger partial charge in [0.15, 0.2) is 0 Å². The third-order valence-corrected chi connectivity index (χ3v) is 3.07. The van der Waals surface area contributed by atoms with Gasteiger partial charge in [-0.25, -0.2) is 0 Å². The Labute approximate surface area is 99.7 Å². The molecule has 0 spiro atoms. The lowest BCUT2D eigenvalue weighted by Crippen LogP contribution is -2.34. The lowest BCUT2D eigenvalue weighted by atomic mass is 10.1. The van der Waals surface area contributed by atoms with Gasteiger partial charge in [-0.05, 0) is 39.0 Å². The Morgan fingerprint density at radius 3 is 2.50 bits per heavy atom. The fraction of sp³-hybridized carbons (Fsp3) is 0.571. The zero-order valence-corrected chi connectivity index (χ0v) is 10.7. The highest BCUT2D eigenvalue weighted by Gasteiger charge is 2.11. The minimum absolute atomic E-state index is 0.637. The summed E-state index contributed by atoms with van der Waals surface area (Å²) in [5.74, 6) is 0. The average molecular weight is 220 g/mol. The first-order chi connectivity index (χ1) is 7.77. The maximum Gasteiger partial charge on any atom is 0.0236 e. The summed E-state index contributed by atoms with van der Waals surface area (Å²) in [5, 5.41) is 3.21. The van der Waals surface area contributed by atoms with Crippen molar-refractivity contribution < 1.29 is 0 Å². The van der Waals surface area contributed by atoms with Crippen molar-refractivity contribution in [3.05, 3.63) is 35.9 Å². The molecule has 0 radical (unpaired) electrons. The molecule has 0 aliphatic heterocycles. The predicted molar refractivity (Wildman–Crippen MR) is 70.5 cm³/mol. The molecule has 0 aliphatic rings. The van der Waals surface area contributed by atoms with Gasteiger partial charge in [0, 0.05) is 12.6 Å². The van der Waals surface area contributed by atoms with Crippen molar-refractivity contribution in [2.24, 2.45) is 0 Å². The molecule has 0 bridgehead atoms. The first-order valence-corrected chi connectivity index (χ1v) is 6.20. The van der Waals surface area contributed by atoms with Crippen LogP contribution >= 0.6 is 0 Å². The van der Waals surface area contributed by atoms with E-state index in [1.807, 2.05) is 7.05 Å². The van der Waals surface area contributed by atoms with Crippen LogP contribution in [0.4, 0.5) is 0 Å². The maximum atomic E-state index is 3.21. The largest absolute Gasteiger partial charge is 0.320 e. The quantitative estimate of drug-likeness (QED) is 0.759. The second-order valence-electron chi connectivity index (χ2n) is 4.29. The van der Waals surface area contributed by atoms with E-state index in [0.717, 1.165) is 19.6 Å². The second kappa shape index (κ2) is 7.42. The van der Waals surface area contributed by atoms with Crippen molar-refractivity contribution in [2.45, 2.75) is 32.9 Å². The van der Waals surface area contributed by atoms with Crippen LogP contribution in [0.3, 0.4) is 0 Å². The van der Waals surface area contributed by atoms with E-state index in [4.69, 9.17) is 0 Å². The normalized spacial score (nSPS) is 13.0. The van der Waals surface area contributed by atoms with E-state index < -0.39 is 0 Å². The van der Waals surface area contributed by atoms with Gasteiger partial charge in [0.2, 0.25) is 0 Å². The molecule has 1 aromatic carbocycles. The van der Waals surface area contributed by atoms with Gasteiger partial charge < -0.3 is 5.32 Å². The minimum atomic E-state index is 0.637. The van der Waals surface area contributed by atoms with E-state index in [2.05, 4.69) is 54.4 Å². The molecule has 90 valence electrons. The summed E-state index contributed by atoms with van der Waals surface area (Å²) < 4.78 is 0. The van der Waals surface area contributed by atoms with Gasteiger partial charge in [-0.3, -0.25) is 4.90 Å². The van der Waals surface area contributed by atoms with Crippen molar-refractivity contribution in [1.29, 1.82) is 0 Å². The van der Waals surface area contributed by atoms with E-state index in [9.17, 15) is 0 Å². The summed E-state index contributed by atoms with van der Waals surface area (Å²) in [6.07, 6.45) is 1.21. The summed E-state index contributed by atoms with van der Waals surface area (Å²) in [4.78, 5) is 2.52. The first-order valence-electron chi connectivity index (χ1n) is 6.20. The SMILES string of the molecule is CCN(Cc1ccccc1)C(C)CCNC. The summed E-state index contributed by atoms with van der Waals surface area (Å²) in [6, 6.07) is 11.3. The summed E-state index contributed by atoms with van der Waals surface area (Å²) in [5.41, 5.74) is 1.40. The molecule has 2 nitrogen and oxygen atoms in total. The smallest absolute Gasteiger partial charge is 0.0236 e. The fourth-order valence-corrected chi connectivity index (χ4v) is 1.93. The molecule has 0 heterocycles. The molecular formula is C14H24N2. The molecule has 1 N–H and O–H groups in total. The van der Waals surface area contributed by atoms with Crippen LogP contribution in [-0.4, -0.2) is 31.1 Å². The maximum absolute atomic E-state index is 3.21. The second-order valence-corrected chi connectivity index (χ2v) is 4.29. The summed E-state index contributed by atoms with van der Waals surface area (Å²) in [6.45, 7) is 7.80. The van der Waals surface area contributed by atoms with E-state index in [0.29, 0.717) is 6.04 Å². The molecule has 0 aliphatic carbocycles. The number of nitrogens with zero attached hydrogens (tertiary/aromatic N) is 1. The predicted octanol–water partition coefficient (Wildman–Crippen LogP) is 2.51. The molecule has 0 saturated carbocycles. The fourth-order valence-electron chi connectivity index (χ4n) is 1.93. The number of nitrogens with one attached hydrogen (secondary N) is 1.